The van der Waals surface area contributed by atoms with E-state index in [1.54, 1.807) is 12.4 Å². The highest BCUT2D eigenvalue weighted by atomic mass is 15.0. The number of nitrogens with one attached hydrogen (secondary N) is 1. The van der Waals surface area contributed by atoms with Crippen LogP contribution in [0.5, 0.6) is 0 Å². The number of hydrogen-bond donors (Lipinski definition) is 1. The molecule has 92 valence electrons. The van der Waals surface area contributed by atoms with Gasteiger partial charge in [-0.2, -0.15) is 0 Å². The molecule has 4 nitrogen and oxygen atoms in total. The van der Waals surface area contributed by atoms with Crippen LogP contribution in [-0.2, 0) is 6.54 Å². The average molecular weight is 240 g/mol. The van der Waals surface area contributed by atoms with Crippen molar-refractivity contribution in [1.29, 1.82) is 0 Å². The molecule has 1 aliphatic rings. The van der Waals surface area contributed by atoms with Gasteiger partial charge in [0.25, 0.3) is 0 Å². The lowest BCUT2D eigenvalue weighted by Crippen LogP contribution is -2.16. The summed E-state index contributed by atoms with van der Waals surface area (Å²) in [5.74, 6) is 0.760. The summed E-state index contributed by atoms with van der Waals surface area (Å²) in [4.78, 5) is 13.2. The number of aromatic nitrogens is 3. The molecular weight excluding hydrogens is 224 g/mol. The Bertz CT molecular complexity index is 535. The Balaban J connectivity index is 1.85. The second-order valence-corrected chi connectivity index (χ2v) is 4.72. The molecule has 0 amide bonds. The lowest BCUT2D eigenvalue weighted by molar-refractivity contribution is 0.672. The van der Waals surface area contributed by atoms with Gasteiger partial charge in [0, 0.05) is 36.2 Å². The predicted molar refractivity (Wildman–Crippen MR) is 69.9 cm³/mol. The molecule has 2 aromatic heterocycles. The summed E-state index contributed by atoms with van der Waals surface area (Å²) in [6.07, 6.45) is 6.14. The molecule has 1 saturated carbocycles. The van der Waals surface area contributed by atoms with Gasteiger partial charge < -0.3 is 5.32 Å². The maximum atomic E-state index is 4.59. The van der Waals surface area contributed by atoms with Gasteiger partial charge in [0.2, 0.25) is 0 Å². The third-order valence-corrected chi connectivity index (χ3v) is 2.98. The van der Waals surface area contributed by atoms with E-state index in [1.807, 2.05) is 25.1 Å². The first-order valence-electron chi connectivity index (χ1n) is 6.29. The van der Waals surface area contributed by atoms with Crippen molar-refractivity contribution in [2.75, 3.05) is 0 Å². The van der Waals surface area contributed by atoms with E-state index in [2.05, 4.69) is 20.3 Å². The number of hydrogen-bond acceptors (Lipinski definition) is 4. The Labute approximate surface area is 107 Å². The van der Waals surface area contributed by atoms with E-state index in [0.29, 0.717) is 6.04 Å². The minimum Gasteiger partial charge on any atom is -0.308 e. The molecular formula is C14H16N4. The molecule has 0 atom stereocenters. The lowest BCUT2D eigenvalue weighted by atomic mass is 10.2. The molecule has 4 heteroatoms. The predicted octanol–water partition coefficient (Wildman–Crippen LogP) is 2.10. The number of pyridine rings is 1. The molecule has 1 fully saturated rings. The maximum Gasteiger partial charge on any atom is 0.161 e. The van der Waals surface area contributed by atoms with Crippen LogP contribution in [0.1, 0.15) is 24.2 Å². The molecule has 2 heterocycles. The minimum absolute atomic E-state index is 0.696. The monoisotopic (exact) mass is 240 g/mol. The van der Waals surface area contributed by atoms with Crippen molar-refractivity contribution in [3.8, 4) is 11.4 Å². The van der Waals surface area contributed by atoms with E-state index < -0.39 is 0 Å². The Hall–Kier alpha value is -1.81. The molecule has 0 unspecified atom stereocenters. The molecule has 1 N–H and O–H groups in total. The molecule has 0 radical (unpaired) electrons. The molecule has 0 aliphatic heterocycles. The molecule has 0 spiro atoms. The first-order chi connectivity index (χ1) is 8.81. The van der Waals surface area contributed by atoms with Gasteiger partial charge in [0.15, 0.2) is 5.82 Å². The summed E-state index contributed by atoms with van der Waals surface area (Å²) in [7, 11) is 0. The summed E-state index contributed by atoms with van der Waals surface area (Å²) in [5.41, 5.74) is 3.01. The Morgan fingerprint density at radius 2 is 2.22 bits per heavy atom. The number of rotatable bonds is 4. The summed E-state index contributed by atoms with van der Waals surface area (Å²) < 4.78 is 0. The molecule has 0 saturated heterocycles. The molecule has 3 rings (SSSR count). The van der Waals surface area contributed by atoms with Crippen molar-refractivity contribution in [3.05, 3.63) is 42.0 Å². The molecule has 18 heavy (non-hydrogen) atoms. The highest BCUT2D eigenvalue weighted by molar-refractivity contribution is 5.53. The quantitative estimate of drug-likeness (QED) is 0.889. The average Bonchev–Trinajstić information content (AvgIpc) is 3.21. The molecule has 0 aromatic carbocycles. The van der Waals surface area contributed by atoms with Crippen molar-refractivity contribution in [2.24, 2.45) is 0 Å². The van der Waals surface area contributed by atoms with Crippen LogP contribution in [0.4, 0.5) is 0 Å². The fourth-order valence-electron chi connectivity index (χ4n) is 1.88. The summed E-state index contributed by atoms with van der Waals surface area (Å²) >= 11 is 0. The Morgan fingerprint density at radius 1 is 1.33 bits per heavy atom. The van der Waals surface area contributed by atoms with Gasteiger partial charge in [-0.05, 0) is 38.0 Å². The van der Waals surface area contributed by atoms with Crippen LogP contribution in [0.25, 0.3) is 11.4 Å². The zero-order valence-electron chi connectivity index (χ0n) is 10.4. The summed E-state index contributed by atoms with van der Waals surface area (Å²) in [6, 6.07) is 6.63. The summed E-state index contributed by atoms with van der Waals surface area (Å²) in [6.45, 7) is 2.82. The van der Waals surface area contributed by atoms with Gasteiger partial charge in [-0.25, -0.2) is 9.97 Å². The first-order valence-corrected chi connectivity index (χ1v) is 6.29. The van der Waals surface area contributed by atoms with Crippen molar-refractivity contribution < 1.29 is 0 Å². The normalized spacial score (nSPS) is 14.7. The van der Waals surface area contributed by atoms with Crippen molar-refractivity contribution >= 4 is 0 Å². The molecule has 0 bridgehead atoms. The van der Waals surface area contributed by atoms with Crippen LogP contribution in [0.15, 0.2) is 30.6 Å². The van der Waals surface area contributed by atoms with Gasteiger partial charge in [0.1, 0.15) is 0 Å². The van der Waals surface area contributed by atoms with E-state index in [9.17, 15) is 0 Å². The highest BCUT2D eigenvalue weighted by Gasteiger charge is 2.20. The Morgan fingerprint density at radius 3 is 2.94 bits per heavy atom. The van der Waals surface area contributed by atoms with Crippen LogP contribution >= 0.6 is 0 Å². The van der Waals surface area contributed by atoms with Gasteiger partial charge in [-0.1, -0.05) is 0 Å². The molecule has 2 aromatic rings. The minimum atomic E-state index is 0.696. The SMILES string of the molecule is Cc1cc(CNC2CC2)nc(-c2cccnc2)n1. The zero-order valence-corrected chi connectivity index (χ0v) is 10.4. The molecule has 1 aliphatic carbocycles. The zero-order chi connectivity index (χ0) is 12.4. The van der Waals surface area contributed by atoms with Crippen LogP contribution in [0.3, 0.4) is 0 Å². The standard InChI is InChI=1S/C14H16N4/c1-10-7-13(9-16-12-4-5-12)18-14(17-10)11-3-2-6-15-8-11/h2-3,6-8,12,16H,4-5,9H2,1H3. The van der Waals surface area contributed by atoms with Gasteiger partial charge in [0.05, 0.1) is 5.69 Å². The number of nitrogens with zero attached hydrogens (tertiary/aromatic N) is 3. The topological polar surface area (TPSA) is 50.7 Å². The fourth-order valence-corrected chi connectivity index (χ4v) is 1.88. The van der Waals surface area contributed by atoms with Crippen LogP contribution in [-0.4, -0.2) is 21.0 Å². The van der Waals surface area contributed by atoms with Crippen molar-refractivity contribution in [3.63, 3.8) is 0 Å². The summed E-state index contributed by atoms with van der Waals surface area (Å²) in [5, 5.41) is 3.47. The van der Waals surface area contributed by atoms with Crippen molar-refractivity contribution in [2.45, 2.75) is 32.4 Å². The lowest BCUT2D eigenvalue weighted by Gasteiger charge is -2.06. The van der Waals surface area contributed by atoms with E-state index in [-0.39, 0.29) is 0 Å². The van der Waals surface area contributed by atoms with Gasteiger partial charge >= 0.3 is 0 Å². The third-order valence-electron chi connectivity index (χ3n) is 2.98. The van der Waals surface area contributed by atoms with E-state index in [1.165, 1.54) is 12.8 Å². The van der Waals surface area contributed by atoms with Gasteiger partial charge in [-0.15, -0.1) is 0 Å². The van der Waals surface area contributed by atoms with E-state index in [0.717, 1.165) is 29.3 Å². The largest absolute Gasteiger partial charge is 0.308 e. The Kier molecular flexibility index (Phi) is 3.02. The van der Waals surface area contributed by atoms with E-state index in [4.69, 9.17) is 0 Å². The fraction of sp³-hybridized carbons (Fsp3) is 0.357. The van der Waals surface area contributed by atoms with Crippen LogP contribution in [0.2, 0.25) is 0 Å². The van der Waals surface area contributed by atoms with E-state index >= 15 is 0 Å². The maximum absolute atomic E-state index is 4.59. The second kappa shape index (κ2) is 4.82. The number of aryl methyl sites for hydroxylation is 1. The second-order valence-electron chi connectivity index (χ2n) is 4.72. The highest BCUT2D eigenvalue weighted by Crippen LogP contribution is 2.19. The third kappa shape index (κ3) is 2.71. The van der Waals surface area contributed by atoms with Crippen molar-refractivity contribution in [1.82, 2.24) is 20.3 Å². The first kappa shape index (κ1) is 11.3. The van der Waals surface area contributed by atoms with Crippen LogP contribution in [0, 0.1) is 6.92 Å². The van der Waals surface area contributed by atoms with Gasteiger partial charge in [-0.3, -0.25) is 4.98 Å². The smallest absolute Gasteiger partial charge is 0.161 e. The van der Waals surface area contributed by atoms with Crippen LogP contribution < -0.4 is 5.32 Å².